The number of nitrogens with one attached hydrogen (secondary N) is 2. The Hall–Kier alpha value is -2.41. The molecule has 1 aromatic heterocycles. The van der Waals surface area contributed by atoms with E-state index in [2.05, 4.69) is 10.3 Å². The van der Waals surface area contributed by atoms with Crippen molar-refractivity contribution < 1.29 is 9.18 Å². The predicted molar refractivity (Wildman–Crippen MR) is 109 cm³/mol. The summed E-state index contributed by atoms with van der Waals surface area (Å²) in [6, 6.07) is 9.88. The van der Waals surface area contributed by atoms with Crippen LogP contribution in [0.5, 0.6) is 0 Å². The van der Waals surface area contributed by atoms with E-state index in [1.807, 2.05) is 4.90 Å². The van der Waals surface area contributed by atoms with Crippen molar-refractivity contribution in [1.29, 1.82) is 0 Å². The second-order valence-corrected chi connectivity index (χ2v) is 7.50. The molecule has 1 aliphatic heterocycles. The molecule has 5 nitrogen and oxygen atoms in total. The second-order valence-electron chi connectivity index (χ2n) is 6.68. The molecule has 0 radical (unpaired) electrons. The molecule has 3 aromatic rings. The molecule has 0 saturated heterocycles. The SMILES string of the molecule is O=C(CN1CCc2[nH]c3c(F)c(Cl)ccc3c(=O)c2C1)Nc1ccccc1Cl. The molecular weight excluding hydrogens is 404 g/mol. The number of anilines is 1. The van der Waals surface area contributed by atoms with Gasteiger partial charge in [0.25, 0.3) is 0 Å². The highest BCUT2D eigenvalue weighted by atomic mass is 35.5. The number of H-pyrrole nitrogens is 1. The van der Waals surface area contributed by atoms with Gasteiger partial charge in [0.2, 0.25) is 5.91 Å². The fraction of sp³-hybridized carbons (Fsp3) is 0.200. The van der Waals surface area contributed by atoms with Gasteiger partial charge < -0.3 is 10.3 Å². The van der Waals surface area contributed by atoms with Gasteiger partial charge >= 0.3 is 0 Å². The van der Waals surface area contributed by atoms with Gasteiger partial charge in [-0.15, -0.1) is 0 Å². The maximum Gasteiger partial charge on any atom is 0.238 e. The molecule has 4 rings (SSSR count). The van der Waals surface area contributed by atoms with Gasteiger partial charge in [-0.2, -0.15) is 0 Å². The van der Waals surface area contributed by atoms with Crippen LogP contribution in [0, 0.1) is 5.82 Å². The van der Waals surface area contributed by atoms with E-state index in [1.165, 1.54) is 12.1 Å². The highest BCUT2D eigenvalue weighted by Gasteiger charge is 2.23. The molecule has 1 amide bonds. The largest absolute Gasteiger partial charge is 0.355 e. The van der Waals surface area contributed by atoms with Crippen LogP contribution in [0.15, 0.2) is 41.2 Å². The lowest BCUT2D eigenvalue weighted by Crippen LogP contribution is -2.39. The molecule has 144 valence electrons. The smallest absolute Gasteiger partial charge is 0.238 e. The van der Waals surface area contributed by atoms with E-state index in [0.717, 1.165) is 0 Å². The molecule has 0 aliphatic carbocycles. The normalized spacial score (nSPS) is 14.1. The third kappa shape index (κ3) is 3.51. The van der Waals surface area contributed by atoms with Crippen LogP contribution in [0.2, 0.25) is 10.0 Å². The first-order valence-corrected chi connectivity index (χ1v) is 9.48. The first kappa shape index (κ1) is 18.9. The van der Waals surface area contributed by atoms with Gasteiger partial charge in [-0.05, 0) is 24.3 Å². The van der Waals surface area contributed by atoms with Crippen molar-refractivity contribution in [3.63, 3.8) is 0 Å². The summed E-state index contributed by atoms with van der Waals surface area (Å²) >= 11 is 11.9. The number of halogens is 3. The van der Waals surface area contributed by atoms with Crippen LogP contribution in [0.4, 0.5) is 10.1 Å². The Kier molecular flexibility index (Phi) is 5.10. The van der Waals surface area contributed by atoms with Crippen LogP contribution in [-0.4, -0.2) is 28.9 Å². The minimum absolute atomic E-state index is 0.0308. The van der Waals surface area contributed by atoms with Crippen molar-refractivity contribution in [2.45, 2.75) is 13.0 Å². The van der Waals surface area contributed by atoms with E-state index in [1.54, 1.807) is 24.3 Å². The number of aromatic nitrogens is 1. The minimum Gasteiger partial charge on any atom is -0.355 e. The van der Waals surface area contributed by atoms with Gasteiger partial charge in [-0.3, -0.25) is 14.5 Å². The number of carbonyl (C=O) groups excluding carboxylic acids is 1. The Bertz CT molecular complexity index is 1150. The zero-order valence-electron chi connectivity index (χ0n) is 14.7. The number of para-hydroxylation sites is 1. The Morgan fingerprint density at radius 3 is 2.75 bits per heavy atom. The van der Waals surface area contributed by atoms with Crippen molar-refractivity contribution in [2.24, 2.45) is 0 Å². The molecule has 8 heteroatoms. The highest BCUT2D eigenvalue weighted by Crippen LogP contribution is 2.25. The van der Waals surface area contributed by atoms with E-state index in [-0.39, 0.29) is 33.8 Å². The number of benzene rings is 2. The van der Waals surface area contributed by atoms with Crippen molar-refractivity contribution >= 4 is 45.7 Å². The summed E-state index contributed by atoms with van der Waals surface area (Å²) < 4.78 is 14.3. The van der Waals surface area contributed by atoms with Crippen molar-refractivity contribution in [3.05, 3.63) is 73.7 Å². The quantitative estimate of drug-likeness (QED) is 0.674. The van der Waals surface area contributed by atoms with E-state index < -0.39 is 5.82 Å². The van der Waals surface area contributed by atoms with Crippen molar-refractivity contribution in [3.8, 4) is 0 Å². The lowest BCUT2D eigenvalue weighted by molar-refractivity contribution is -0.117. The van der Waals surface area contributed by atoms with E-state index >= 15 is 0 Å². The van der Waals surface area contributed by atoms with Crippen LogP contribution >= 0.6 is 23.2 Å². The fourth-order valence-corrected chi connectivity index (χ4v) is 3.77. The molecule has 28 heavy (non-hydrogen) atoms. The van der Waals surface area contributed by atoms with E-state index in [9.17, 15) is 14.0 Å². The summed E-state index contributed by atoms with van der Waals surface area (Å²) in [5.41, 5.74) is 1.66. The van der Waals surface area contributed by atoms with Gasteiger partial charge in [0.05, 0.1) is 27.8 Å². The Morgan fingerprint density at radius 1 is 1.18 bits per heavy atom. The van der Waals surface area contributed by atoms with Crippen LogP contribution in [0.25, 0.3) is 10.9 Å². The summed E-state index contributed by atoms with van der Waals surface area (Å²) in [7, 11) is 0. The number of hydrogen-bond donors (Lipinski definition) is 2. The van der Waals surface area contributed by atoms with Gasteiger partial charge in [0.1, 0.15) is 0 Å². The molecule has 0 fully saturated rings. The van der Waals surface area contributed by atoms with Gasteiger partial charge in [-0.1, -0.05) is 35.3 Å². The molecule has 2 aromatic carbocycles. The summed E-state index contributed by atoms with van der Waals surface area (Å²) in [6.45, 7) is 0.991. The maximum absolute atomic E-state index is 14.3. The number of fused-ring (bicyclic) bond motifs is 2. The molecule has 2 N–H and O–H groups in total. The first-order valence-electron chi connectivity index (χ1n) is 8.72. The molecule has 2 heterocycles. The number of carbonyl (C=O) groups is 1. The summed E-state index contributed by atoms with van der Waals surface area (Å²) in [6.07, 6.45) is 0.506. The number of hydrogen-bond acceptors (Lipinski definition) is 3. The topological polar surface area (TPSA) is 65.2 Å². The van der Waals surface area contributed by atoms with Crippen molar-refractivity contribution in [1.82, 2.24) is 9.88 Å². The molecule has 0 saturated carbocycles. The monoisotopic (exact) mass is 419 g/mol. The van der Waals surface area contributed by atoms with E-state index in [4.69, 9.17) is 23.2 Å². The molecule has 0 bridgehead atoms. The van der Waals surface area contributed by atoms with Gasteiger partial charge in [0, 0.05) is 36.2 Å². The van der Waals surface area contributed by atoms with Crippen LogP contribution in [0.1, 0.15) is 11.3 Å². The predicted octanol–water partition coefficient (Wildman–Crippen LogP) is 3.97. The van der Waals surface area contributed by atoms with Crippen LogP contribution in [0.3, 0.4) is 0 Å². The molecule has 0 unspecified atom stereocenters. The zero-order valence-corrected chi connectivity index (χ0v) is 16.2. The highest BCUT2D eigenvalue weighted by molar-refractivity contribution is 6.33. The Labute approximate surface area is 170 Å². The van der Waals surface area contributed by atoms with Gasteiger partial charge in [-0.25, -0.2) is 4.39 Å². The standard InChI is InChI=1S/C20H16Cl2FN3O2/c21-13-3-1-2-4-16(13)24-17(27)10-26-8-7-15-12(9-26)20(28)11-5-6-14(22)18(23)19(11)25-15/h1-6H,7-10H2,(H,24,27)(H,25,28). The van der Waals surface area contributed by atoms with Crippen LogP contribution < -0.4 is 10.7 Å². The molecule has 1 aliphatic rings. The second kappa shape index (κ2) is 7.54. The maximum atomic E-state index is 14.3. The first-order chi connectivity index (χ1) is 13.4. The number of aromatic amines is 1. The van der Waals surface area contributed by atoms with Crippen LogP contribution in [-0.2, 0) is 17.8 Å². The number of nitrogens with zero attached hydrogens (tertiary/aromatic N) is 1. The number of amides is 1. The molecule has 0 spiro atoms. The minimum atomic E-state index is -0.624. The summed E-state index contributed by atoms with van der Waals surface area (Å²) in [4.78, 5) is 30.1. The zero-order chi connectivity index (χ0) is 19.8. The van der Waals surface area contributed by atoms with Crippen molar-refractivity contribution in [2.75, 3.05) is 18.4 Å². The third-order valence-corrected chi connectivity index (χ3v) is 5.45. The average Bonchev–Trinajstić information content (AvgIpc) is 2.67. The Balaban J connectivity index is 1.56. The third-order valence-electron chi connectivity index (χ3n) is 4.83. The summed E-state index contributed by atoms with van der Waals surface area (Å²) in [5, 5.41) is 3.46. The average molecular weight is 420 g/mol. The lowest BCUT2D eigenvalue weighted by Gasteiger charge is -2.28. The fourth-order valence-electron chi connectivity index (χ4n) is 3.43. The molecule has 0 atom stereocenters. The summed E-state index contributed by atoms with van der Waals surface area (Å²) in [5.74, 6) is -0.841. The lowest BCUT2D eigenvalue weighted by atomic mass is 10.0. The number of pyridine rings is 1. The number of rotatable bonds is 3. The van der Waals surface area contributed by atoms with Gasteiger partial charge in [0.15, 0.2) is 11.2 Å². The van der Waals surface area contributed by atoms with E-state index in [0.29, 0.717) is 41.5 Å². The molecular formula is C20H16Cl2FN3O2. The Morgan fingerprint density at radius 2 is 1.96 bits per heavy atom.